The number of esters is 1. The number of Topliss-reactive ketones (excluding diaryl/α,β-unsaturated/α-hetero) is 1. The van der Waals surface area contributed by atoms with Crippen molar-refractivity contribution in [1.82, 2.24) is 10.2 Å². The van der Waals surface area contributed by atoms with E-state index in [0.717, 1.165) is 70.9 Å². The lowest BCUT2D eigenvalue weighted by atomic mass is 9.34. The van der Waals surface area contributed by atoms with Crippen molar-refractivity contribution in [2.45, 2.75) is 131 Å². The van der Waals surface area contributed by atoms with Gasteiger partial charge in [0.1, 0.15) is 11.9 Å². The van der Waals surface area contributed by atoms with Crippen LogP contribution in [0.1, 0.15) is 120 Å². The number of fused-ring (bicyclic) bond motifs is 6. The Kier molecular flexibility index (Phi) is 8.14. The number of hydrogen-bond donors (Lipinski definition) is 1. The highest BCUT2D eigenvalue weighted by Gasteiger charge is 2.69. The van der Waals surface area contributed by atoms with Crippen LogP contribution in [0.3, 0.4) is 0 Å². The summed E-state index contributed by atoms with van der Waals surface area (Å²) in [6.45, 7) is 20.6. The van der Waals surface area contributed by atoms with Crippen molar-refractivity contribution in [3.05, 3.63) is 11.1 Å². The van der Waals surface area contributed by atoms with Crippen molar-refractivity contribution < 1.29 is 23.9 Å². The Morgan fingerprint density at radius 1 is 0.978 bits per heavy atom. The molecular weight excluding hydrogens is 564 g/mol. The maximum atomic E-state index is 13.9. The molecule has 4 unspecified atom stereocenters. The van der Waals surface area contributed by atoms with E-state index in [0.29, 0.717) is 30.8 Å². The number of allylic oxidation sites excluding steroid dienone is 1. The number of hydrogen-bond acceptors (Lipinski definition) is 6. The summed E-state index contributed by atoms with van der Waals surface area (Å²) in [5.74, 6) is 1.58. The molecule has 0 aromatic rings. The van der Waals surface area contributed by atoms with Gasteiger partial charge in [-0.1, -0.05) is 54.0 Å². The molecule has 0 radical (unpaired) electrons. The average molecular weight is 625 g/mol. The molecule has 7 nitrogen and oxygen atoms in total. The van der Waals surface area contributed by atoms with Gasteiger partial charge in [0.2, 0.25) is 0 Å². The smallest absolute Gasteiger partial charge is 0.407 e. The number of ether oxygens (including phenoxy) is 2. The van der Waals surface area contributed by atoms with Gasteiger partial charge in [-0.2, -0.15) is 0 Å². The summed E-state index contributed by atoms with van der Waals surface area (Å²) in [5, 5.41) is 3.37. The fraction of sp³-hybridized carbons (Fsp3) is 0.868. The van der Waals surface area contributed by atoms with Crippen molar-refractivity contribution in [3.8, 4) is 0 Å². The molecule has 0 bridgehead atoms. The van der Waals surface area contributed by atoms with Crippen LogP contribution in [0, 0.1) is 51.2 Å². The molecule has 1 aliphatic heterocycles. The van der Waals surface area contributed by atoms with Crippen LogP contribution < -0.4 is 5.32 Å². The van der Waals surface area contributed by atoms with Crippen LogP contribution in [0.5, 0.6) is 0 Å². The van der Waals surface area contributed by atoms with E-state index in [2.05, 4.69) is 65.7 Å². The van der Waals surface area contributed by atoms with Crippen LogP contribution in [0.25, 0.3) is 0 Å². The van der Waals surface area contributed by atoms with Crippen LogP contribution in [0.4, 0.5) is 4.79 Å². The summed E-state index contributed by atoms with van der Waals surface area (Å²) in [5.41, 5.74) is 2.26. The number of ketones is 1. The largest absolute Gasteiger partial charge is 0.462 e. The molecule has 0 spiro atoms. The fourth-order valence-corrected chi connectivity index (χ4v) is 12.6. The fourth-order valence-electron chi connectivity index (χ4n) is 12.6. The summed E-state index contributed by atoms with van der Waals surface area (Å²) in [4.78, 5) is 41.6. The maximum Gasteiger partial charge on any atom is 0.407 e. The summed E-state index contributed by atoms with van der Waals surface area (Å²) in [7, 11) is 2.11. The minimum atomic E-state index is -0.626. The van der Waals surface area contributed by atoms with Gasteiger partial charge in [-0.15, -0.1) is 0 Å². The van der Waals surface area contributed by atoms with Gasteiger partial charge in [0.05, 0.1) is 12.1 Å². The first kappa shape index (κ1) is 33.0. The molecular formula is C38H60N2O5. The molecule has 5 aliphatic carbocycles. The zero-order valence-corrected chi connectivity index (χ0v) is 29.6. The van der Waals surface area contributed by atoms with Crippen molar-refractivity contribution in [1.29, 1.82) is 0 Å². The normalized spacial score (nSPS) is 44.1. The number of alkyl carbamates (subject to hydrolysis) is 1. The Labute approximate surface area is 272 Å². The third-order valence-electron chi connectivity index (χ3n) is 14.9. The predicted molar refractivity (Wildman–Crippen MR) is 175 cm³/mol. The van der Waals surface area contributed by atoms with E-state index in [4.69, 9.17) is 9.47 Å². The predicted octanol–water partition coefficient (Wildman–Crippen LogP) is 7.33. The first-order valence-corrected chi connectivity index (χ1v) is 18.1. The topological polar surface area (TPSA) is 84.9 Å². The molecule has 1 heterocycles. The molecule has 1 saturated heterocycles. The zero-order valence-electron chi connectivity index (χ0n) is 29.6. The zero-order chi connectivity index (χ0) is 32.7. The van der Waals surface area contributed by atoms with E-state index in [1.54, 1.807) is 6.92 Å². The number of carbonyl (C=O) groups excluding carboxylic acids is 3. The summed E-state index contributed by atoms with van der Waals surface area (Å²) in [6.07, 6.45) is 9.21. The maximum absolute atomic E-state index is 13.9. The number of carbonyl (C=O) groups is 3. The molecule has 0 aromatic heterocycles. The minimum Gasteiger partial charge on any atom is -0.462 e. The lowest BCUT2D eigenvalue weighted by Crippen LogP contribution is -2.65. The van der Waals surface area contributed by atoms with Crippen molar-refractivity contribution in [2.24, 2.45) is 51.2 Å². The molecule has 1 N–H and O–H groups in total. The number of likely N-dealkylation sites (tertiary alicyclic amines) is 1. The SMILES string of the molecule is CC(=O)O[C@H]1CC[C@@]2(C)C(CC[C@]3(C)C2CCC2=C4C(C(C)C)C(=O)C[C@]4(NC(=O)OCC4CCN(C)C4)CC[C@]23C)C1(C)C. The van der Waals surface area contributed by atoms with Crippen LogP contribution in [0.15, 0.2) is 11.1 Å². The van der Waals surface area contributed by atoms with Gasteiger partial charge in [0.25, 0.3) is 0 Å². The van der Waals surface area contributed by atoms with Gasteiger partial charge in [0, 0.05) is 37.1 Å². The molecule has 5 fully saturated rings. The molecule has 1 amide bonds. The van der Waals surface area contributed by atoms with Gasteiger partial charge in [-0.25, -0.2) is 4.79 Å². The van der Waals surface area contributed by atoms with E-state index in [1.807, 2.05) is 0 Å². The van der Waals surface area contributed by atoms with Gasteiger partial charge < -0.3 is 19.7 Å². The molecule has 252 valence electrons. The molecule has 9 atom stereocenters. The highest BCUT2D eigenvalue weighted by molar-refractivity contribution is 5.92. The Morgan fingerprint density at radius 3 is 2.36 bits per heavy atom. The summed E-state index contributed by atoms with van der Waals surface area (Å²) < 4.78 is 11.8. The van der Waals surface area contributed by atoms with E-state index >= 15 is 0 Å². The minimum absolute atomic E-state index is 0.0266. The molecule has 6 aliphatic rings. The first-order valence-electron chi connectivity index (χ1n) is 18.1. The van der Waals surface area contributed by atoms with E-state index in [1.165, 1.54) is 11.1 Å². The van der Waals surface area contributed by atoms with Crippen molar-refractivity contribution >= 4 is 17.8 Å². The summed E-state index contributed by atoms with van der Waals surface area (Å²) in [6, 6.07) is 0. The van der Waals surface area contributed by atoms with Crippen LogP contribution in [-0.4, -0.2) is 61.1 Å². The van der Waals surface area contributed by atoms with E-state index in [-0.39, 0.29) is 57.4 Å². The van der Waals surface area contributed by atoms with Crippen LogP contribution >= 0.6 is 0 Å². The molecule has 0 aromatic carbocycles. The van der Waals surface area contributed by atoms with Gasteiger partial charge in [-0.05, 0) is 111 Å². The second-order valence-electron chi connectivity index (χ2n) is 17.9. The number of nitrogens with one attached hydrogen (secondary N) is 1. The Bertz CT molecular complexity index is 1270. The van der Waals surface area contributed by atoms with Gasteiger partial charge in [0.15, 0.2) is 0 Å². The van der Waals surface area contributed by atoms with Crippen molar-refractivity contribution in [3.63, 3.8) is 0 Å². The number of amides is 1. The molecule has 7 heteroatoms. The van der Waals surface area contributed by atoms with E-state index < -0.39 is 5.54 Å². The third-order valence-corrected chi connectivity index (χ3v) is 14.9. The average Bonchev–Trinajstić information content (AvgIpc) is 3.49. The lowest BCUT2D eigenvalue weighted by molar-refractivity contribution is -0.212. The molecule has 4 saturated carbocycles. The molecule has 6 rings (SSSR count). The molecule has 45 heavy (non-hydrogen) atoms. The number of nitrogens with zero attached hydrogens (tertiary/aromatic N) is 1. The standard InChI is InChI=1S/C38H60N2O5/c1-23(2)31-27(42)20-38(39-33(43)44-22-25-14-19-40(9)21-25)18-17-36(7)26(32(31)38)10-11-29-35(6)15-13-30(45-24(3)41)34(4,5)28(35)12-16-37(29,36)8/h23,25,28-31H,10-22H2,1-9H3,(H,39,43)/t25?,28?,29?,30-,31?,35-,36+,37+,38+/m0/s1. The second-order valence-corrected chi connectivity index (χ2v) is 17.9. The lowest BCUT2D eigenvalue weighted by Gasteiger charge is -2.70. The van der Waals surface area contributed by atoms with Crippen LogP contribution in [0.2, 0.25) is 0 Å². The van der Waals surface area contributed by atoms with Crippen LogP contribution in [-0.2, 0) is 19.1 Å². The Morgan fingerprint density at radius 2 is 1.71 bits per heavy atom. The van der Waals surface area contributed by atoms with Gasteiger partial charge >= 0.3 is 12.1 Å². The van der Waals surface area contributed by atoms with Crippen molar-refractivity contribution in [2.75, 3.05) is 26.7 Å². The highest BCUT2D eigenvalue weighted by atomic mass is 16.6. The Balaban J connectivity index is 1.33. The Hall–Kier alpha value is -1.89. The quantitative estimate of drug-likeness (QED) is 0.255. The first-order chi connectivity index (χ1) is 21.0. The monoisotopic (exact) mass is 624 g/mol. The summed E-state index contributed by atoms with van der Waals surface area (Å²) >= 11 is 0. The second kappa shape index (κ2) is 11.1. The van der Waals surface area contributed by atoms with E-state index in [9.17, 15) is 14.4 Å². The third kappa shape index (κ3) is 4.94. The van der Waals surface area contributed by atoms with Gasteiger partial charge in [-0.3, -0.25) is 9.59 Å². The highest BCUT2D eigenvalue weighted by Crippen LogP contribution is 2.75. The number of rotatable bonds is 5.